The molecule has 1 aromatic heterocycles. The molecule has 0 aliphatic heterocycles. The van der Waals surface area contributed by atoms with Gasteiger partial charge < -0.3 is 10.1 Å². The fraction of sp³-hybridized carbons (Fsp3) is 0.105. The minimum atomic E-state index is -0.415. The van der Waals surface area contributed by atoms with E-state index in [0.29, 0.717) is 22.8 Å². The summed E-state index contributed by atoms with van der Waals surface area (Å²) in [6.07, 6.45) is 3.17. The van der Waals surface area contributed by atoms with Crippen LogP contribution in [0.5, 0.6) is 0 Å². The number of carbonyl (C=O) groups excluding carboxylic acids is 2. The number of nitrogens with zero attached hydrogens (tertiary/aromatic N) is 2. The van der Waals surface area contributed by atoms with Crippen molar-refractivity contribution in [2.45, 2.75) is 6.54 Å². The van der Waals surface area contributed by atoms with Gasteiger partial charge in [-0.15, -0.1) is 0 Å². The molecule has 0 fully saturated rings. The maximum absolute atomic E-state index is 12.4. The molecule has 0 radical (unpaired) electrons. The topological polar surface area (TPSA) is 73.2 Å². The molecule has 138 valence electrons. The standard InChI is InChI=1S/C19H15Cl2N3O3/c1-27-19(26)14-6-3-2-5-12(14)10-24-11-13(9-22-24)23-18(25)15-7-4-8-16(20)17(15)21/h2-9,11H,10H2,1H3,(H,23,25). The van der Waals surface area contributed by atoms with E-state index in [4.69, 9.17) is 27.9 Å². The van der Waals surface area contributed by atoms with E-state index in [-0.39, 0.29) is 10.6 Å². The molecule has 0 bridgehead atoms. The van der Waals surface area contributed by atoms with Crippen LogP contribution in [0.1, 0.15) is 26.3 Å². The maximum atomic E-state index is 12.4. The lowest BCUT2D eigenvalue weighted by atomic mass is 10.1. The summed E-state index contributed by atoms with van der Waals surface area (Å²) in [6, 6.07) is 11.9. The quantitative estimate of drug-likeness (QED) is 0.645. The Morgan fingerprint density at radius 2 is 1.85 bits per heavy atom. The number of benzene rings is 2. The lowest BCUT2D eigenvalue weighted by molar-refractivity contribution is 0.0599. The molecule has 0 saturated heterocycles. The van der Waals surface area contributed by atoms with Gasteiger partial charge in [0.05, 0.1) is 46.7 Å². The van der Waals surface area contributed by atoms with Crippen LogP contribution in [0.2, 0.25) is 10.0 Å². The Labute approximate surface area is 165 Å². The number of amides is 1. The molecule has 0 aliphatic carbocycles. The van der Waals surface area contributed by atoms with E-state index in [2.05, 4.69) is 10.4 Å². The van der Waals surface area contributed by atoms with Gasteiger partial charge in [0.25, 0.3) is 5.91 Å². The highest BCUT2D eigenvalue weighted by Crippen LogP contribution is 2.26. The summed E-state index contributed by atoms with van der Waals surface area (Å²) in [5.74, 6) is -0.807. The second-order valence-corrected chi connectivity index (χ2v) is 6.42. The molecule has 0 aliphatic rings. The largest absolute Gasteiger partial charge is 0.465 e. The summed E-state index contributed by atoms with van der Waals surface area (Å²) >= 11 is 12.0. The van der Waals surface area contributed by atoms with Crippen LogP contribution in [-0.4, -0.2) is 28.8 Å². The van der Waals surface area contributed by atoms with Gasteiger partial charge in [0, 0.05) is 6.20 Å². The summed E-state index contributed by atoms with van der Waals surface area (Å²) in [6.45, 7) is 0.346. The van der Waals surface area contributed by atoms with E-state index >= 15 is 0 Å². The number of hydrogen-bond acceptors (Lipinski definition) is 4. The molecule has 0 spiro atoms. The van der Waals surface area contributed by atoms with Crippen LogP contribution in [0.3, 0.4) is 0 Å². The van der Waals surface area contributed by atoms with Crippen LogP contribution in [0.15, 0.2) is 54.9 Å². The molecule has 3 aromatic rings. The summed E-state index contributed by atoms with van der Waals surface area (Å²) in [4.78, 5) is 24.2. The highest BCUT2D eigenvalue weighted by Gasteiger charge is 2.15. The van der Waals surface area contributed by atoms with Gasteiger partial charge in [0.15, 0.2) is 0 Å². The van der Waals surface area contributed by atoms with Crippen molar-refractivity contribution in [1.82, 2.24) is 9.78 Å². The third kappa shape index (κ3) is 4.30. The maximum Gasteiger partial charge on any atom is 0.338 e. The van der Waals surface area contributed by atoms with Crippen molar-refractivity contribution < 1.29 is 14.3 Å². The molecule has 27 heavy (non-hydrogen) atoms. The van der Waals surface area contributed by atoms with Crippen molar-refractivity contribution >= 4 is 40.8 Å². The minimum Gasteiger partial charge on any atom is -0.465 e. The Bertz CT molecular complexity index is 1000. The summed E-state index contributed by atoms with van der Waals surface area (Å²) < 4.78 is 6.40. The Morgan fingerprint density at radius 1 is 1.11 bits per heavy atom. The van der Waals surface area contributed by atoms with Gasteiger partial charge in [-0.3, -0.25) is 9.48 Å². The fourth-order valence-electron chi connectivity index (χ4n) is 2.53. The molecule has 2 aromatic carbocycles. The molecule has 0 atom stereocenters. The van der Waals surface area contributed by atoms with Crippen molar-refractivity contribution in [3.05, 3.63) is 81.6 Å². The average molecular weight is 404 g/mol. The van der Waals surface area contributed by atoms with Crippen LogP contribution in [0, 0.1) is 0 Å². The Morgan fingerprint density at radius 3 is 2.63 bits per heavy atom. The normalized spacial score (nSPS) is 10.5. The van der Waals surface area contributed by atoms with Crippen LogP contribution < -0.4 is 5.32 Å². The molecular formula is C19H15Cl2N3O3. The van der Waals surface area contributed by atoms with Crippen LogP contribution in [-0.2, 0) is 11.3 Å². The highest BCUT2D eigenvalue weighted by molar-refractivity contribution is 6.44. The summed E-state index contributed by atoms with van der Waals surface area (Å²) in [7, 11) is 1.33. The Kier molecular flexibility index (Phi) is 5.78. The molecule has 3 rings (SSSR count). The first-order valence-corrected chi connectivity index (χ1v) is 8.69. The van der Waals surface area contributed by atoms with E-state index in [1.165, 1.54) is 13.3 Å². The van der Waals surface area contributed by atoms with Crippen LogP contribution in [0.4, 0.5) is 5.69 Å². The molecule has 0 unspecified atom stereocenters. The number of nitrogens with one attached hydrogen (secondary N) is 1. The van der Waals surface area contributed by atoms with E-state index in [0.717, 1.165) is 5.56 Å². The molecule has 1 amide bonds. The summed E-state index contributed by atoms with van der Waals surface area (Å²) in [5, 5.41) is 7.44. The number of aromatic nitrogens is 2. The van der Waals surface area contributed by atoms with E-state index < -0.39 is 11.9 Å². The van der Waals surface area contributed by atoms with Crippen molar-refractivity contribution in [3.63, 3.8) is 0 Å². The third-order valence-electron chi connectivity index (χ3n) is 3.84. The molecule has 1 heterocycles. The number of rotatable bonds is 5. The molecule has 6 nitrogen and oxygen atoms in total. The second-order valence-electron chi connectivity index (χ2n) is 5.63. The number of ether oxygens (including phenoxy) is 1. The first-order chi connectivity index (χ1) is 13.0. The third-order valence-corrected chi connectivity index (χ3v) is 4.66. The molecule has 1 N–H and O–H groups in total. The van der Waals surface area contributed by atoms with Crippen molar-refractivity contribution in [2.75, 3.05) is 12.4 Å². The number of hydrogen-bond donors (Lipinski definition) is 1. The average Bonchev–Trinajstić information content (AvgIpc) is 3.10. The monoisotopic (exact) mass is 403 g/mol. The Hall–Kier alpha value is -2.83. The van der Waals surface area contributed by atoms with Gasteiger partial charge in [-0.2, -0.15) is 5.10 Å². The number of anilines is 1. The fourth-order valence-corrected chi connectivity index (χ4v) is 2.92. The minimum absolute atomic E-state index is 0.191. The second kappa shape index (κ2) is 8.24. The zero-order chi connectivity index (χ0) is 19.4. The van der Waals surface area contributed by atoms with E-state index in [9.17, 15) is 9.59 Å². The number of esters is 1. The van der Waals surface area contributed by atoms with E-state index in [1.807, 2.05) is 12.1 Å². The van der Waals surface area contributed by atoms with E-state index in [1.54, 1.807) is 41.2 Å². The lowest BCUT2D eigenvalue weighted by Crippen LogP contribution is -2.12. The molecular weight excluding hydrogens is 389 g/mol. The lowest BCUT2D eigenvalue weighted by Gasteiger charge is -2.08. The zero-order valence-electron chi connectivity index (χ0n) is 14.3. The SMILES string of the molecule is COC(=O)c1ccccc1Cn1cc(NC(=O)c2cccc(Cl)c2Cl)cn1. The number of carbonyl (C=O) groups is 2. The van der Waals surface area contributed by atoms with Crippen molar-refractivity contribution in [1.29, 1.82) is 0 Å². The predicted molar refractivity (Wildman–Crippen MR) is 104 cm³/mol. The van der Waals surface area contributed by atoms with Gasteiger partial charge >= 0.3 is 5.97 Å². The molecule has 0 saturated carbocycles. The Balaban J connectivity index is 1.75. The summed E-state index contributed by atoms with van der Waals surface area (Å²) in [5.41, 5.74) is 1.98. The molecule has 8 heteroatoms. The first-order valence-electron chi connectivity index (χ1n) is 7.93. The van der Waals surface area contributed by atoms with Crippen LogP contribution >= 0.6 is 23.2 Å². The first kappa shape index (κ1) is 18.9. The highest BCUT2D eigenvalue weighted by atomic mass is 35.5. The van der Waals surface area contributed by atoms with Gasteiger partial charge in [-0.25, -0.2) is 4.79 Å². The van der Waals surface area contributed by atoms with Gasteiger partial charge in [-0.1, -0.05) is 47.5 Å². The van der Waals surface area contributed by atoms with Crippen molar-refractivity contribution in [3.8, 4) is 0 Å². The predicted octanol–water partition coefficient (Wildman–Crippen LogP) is 4.28. The van der Waals surface area contributed by atoms with Crippen molar-refractivity contribution in [2.24, 2.45) is 0 Å². The smallest absolute Gasteiger partial charge is 0.338 e. The van der Waals surface area contributed by atoms with Crippen LogP contribution in [0.25, 0.3) is 0 Å². The zero-order valence-corrected chi connectivity index (χ0v) is 15.8. The van der Waals surface area contributed by atoms with Gasteiger partial charge in [0.2, 0.25) is 0 Å². The number of halogens is 2. The van der Waals surface area contributed by atoms with Gasteiger partial charge in [0.1, 0.15) is 0 Å². The number of methoxy groups -OCH3 is 1. The van der Waals surface area contributed by atoms with Gasteiger partial charge in [-0.05, 0) is 23.8 Å².